The molecule has 2 rings (SSSR count). The molecule has 2 nitrogen and oxygen atoms in total. The van der Waals surface area contributed by atoms with Gasteiger partial charge in [0.05, 0.1) is 7.11 Å². The van der Waals surface area contributed by atoms with Gasteiger partial charge in [0.15, 0.2) is 0 Å². The van der Waals surface area contributed by atoms with E-state index in [9.17, 15) is 0 Å². The molecule has 2 aromatic carbocycles. The van der Waals surface area contributed by atoms with E-state index in [-0.39, 0.29) is 0 Å². The van der Waals surface area contributed by atoms with Crippen molar-refractivity contribution in [3.63, 3.8) is 0 Å². The molecular weight excluding hydrogens is 258 g/mol. The Hall–Kier alpha value is -1.80. The van der Waals surface area contributed by atoms with Gasteiger partial charge in [-0.2, -0.15) is 0 Å². The summed E-state index contributed by atoms with van der Waals surface area (Å²) in [5.74, 6) is 1.23. The summed E-state index contributed by atoms with van der Waals surface area (Å²) in [7, 11) is 1.69. The zero-order valence-electron chi connectivity index (χ0n) is 13.4. The van der Waals surface area contributed by atoms with Crippen molar-refractivity contribution in [3.8, 4) is 5.75 Å². The van der Waals surface area contributed by atoms with Crippen LogP contribution in [0.4, 0.5) is 0 Å². The second kappa shape index (κ2) is 6.77. The number of hydrogen-bond acceptors (Lipinski definition) is 2. The lowest BCUT2D eigenvalue weighted by molar-refractivity contribution is 0.414. The fraction of sp³-hybridized carbons (Fsp3) is 0.368. The molecule has 0 aliphatic rings. The van der Waals surface area contributed by atoms with Gasteiger partial charge in [0.2, 0.25) is 0 Å². The first-order chi connectivity index (χ1) is 10.0. The summed E-state index contributed by atoms with van der Waals surface area (Å²) in [6.45, 7) is 7.18. The molecule has 0 spiro atoms. The molecule has 0 saturated carbocycles. The van der Waals surface area contributed by atoms with Crippen LogP contribution in [0.15, 0.2) is 36.4 Å². The Kier molecular flexibility index (Phi) is 5.03. The van der Waals surface area contributed by atoms with Gasteiger partial charge in [0, 0.05) is 5.92 Å². The molecule has 0 aliphatic heterocycles. The van der Waals surface area contributed by atoms with Gasteiger partial charge in [-0.25, -0.2) is 0 Å². The van der Waals surface area contributed by atoms with Crippen molar-refractivity contribution in [2.24, 2.45) is 5.73 Å². The second-order valence-corrected chi connectivity index (χ2v) is 5.79. The molecule has 0 fully saturated rings. The van der Waals surface area contributed by atoms with Crippen LogP contribution < -0.4 is 10.5 Å². The summed E-state index contributed by atoms with van der Waals surface area (Å²) in [5, 5.41) is 0. The lowest BCUT2D eigenvalue weighted by Crippen LogP contribution is -2.16. The maximum absolute atomic E-state index is 6.02. The lowest BCUT2D eigenvalue weighted by Gasteiger charge is -2.19. The number of methoxy groups -OCH3 is 1. The van der Waals surface area contributed by atoms with Crippen LogP contribution in [0.1, 0.15) is 33.7 Å². The molecule has 0 heterocycles. The molecule has 2 N–H and O–H groups in total. The Bertz CT molecular complexity index is 578. The highest BCUT2D eigenvalue weighted by atomic mass is 16.5. The molecule has 0 saturated heterocycles. The third kappa shape index (κ3) is 3.64. The number of hydrogen-bond donors (Lipinski definition) is 1. The molecule has 0 radical (unpaired) electrons. The standard InChI is InChI=1S/C19H25NO/c1-13-9-14(2)19(15(3)10-13)11-17(12-20)16-5-7-18(21-4)8-6-16/h5-10,17H,11-12,20H2,1-4H3. The first kappa shape index (κ1) is 15.6. The fourth-order valence-corrected chi connectivity index (χ4v) is 2.99. The van der Waals surface area contributed by atoms with E-state index >= 15 is 0 Å². The van der Waals surface area contributed by atoms with Crippen molar-refractivity contribution in [2.45, 2.75) is 33.1 Å². The second-order valence-electron chi connectivity index (χ2n) is 5.79. The van der Waals surface area contributed by atoms with Gasteiger partial charge in [-0.1, -0.05) is 29.8 Å². The molecule has 2 aromatic rings. The Balaban J connectivity index is 2.26. The van der Waals surface area contributed by atoms with Crippen LogP contribution in [-0.4, -0.2) is 13.7 Å². The van der Waals surface area contributed by atoms with E-state index in [2.05, 4.69) is 45.0 Å². The number of nitrogens with two attached hydrogens (primary N) is 1. The van der Waals surface area contributed by atoms with Gasteiger partial charge in [0.25, 0.3) is 0 Å². The highest BCUT2D eigenvalue weighted by Crippen LogP contribution is 2.26. The predicted octanol–water partition coefficient (Wildman–Crippen LogP) is 3.91. The molecule has 0 aliphatic carbocycles. The Labute approximate surface area is 127 Å². The van der Waals surface area contributed by atoms with Crippen molar-refractivity contribution in [2.75, 3.05) is 13.7 Å². The zero-order valence-corrected chi connectivity index (χ0v) is 13.4. The molecule has 0 amide bonds. The minimum Gasteiger partial charge on any atom is -0.497 e. The van der Waals surface area contributed by atoms with Gasteiger partial charge in [-0.3, -0.25) is 0 Å². The molecule has 0 aromatic heterocycles. The van der Waals surface area contributed by atoms with E-state index in [0.717, 1.165) is 12.2 Å². The first-order valence-electron chi connectivity index (χ1n) is 7.46. The molecular formula is C19H25NO. The highest BCUT2D eigenvalue weighted by molar-refractivity contribution is 5.39. The molecule has 2 heteroatoms. The van der Waals surface area contributed by atoms with E-state index in [1.165, 1.54) is 27.8 Å². The minimum absolute atomic E-state index is 0.344. The van der Waals surface area contributed by atoms with Crippen LogP contribution in [0.2, 0.25) is 0 Å². The normalized spacial score (nSPS) is 12.2. The van der Waals surface area contributed by atoms with Crippen molar-refractivity contribution in [3.05, 3.63) is 64.2 Å². The smallest absolute Gasteiger partial charge is 0.118 e. The van der Waals surface area contributed by atoms with Crippen LogP contribution in [0.3, 0.4) is 0 Å². The van der Waals surface area contributed by atoms with E-state index < -0.39 is 0 Å². The average Bonchev–Trinajstić information content (AvgIpc) is 2.47. The summed E-state index contributed by atoms with van der Waals surface area (Å²) in [6, 6.07) is 12.8. The van der Waals surface area contributed by atoms with Crippen LogP contribution >= 0.6 is 0 Å². The van der Waals surface area contributed by atoms with Crippen LogP contribution in [0.5, 0.6) is 5.75 Å². The van der Waals surface area contributed by atoms with Crippen LogP contribution in [0, 0.1) is 20.8 Å². The largest absolute Gasteiger partial charge is 0.497 e. The van der Waals surface area contributed by atoms with E-state index in [1.807, 2.05) is 12.1 Å². The SMILES string of the molecule is COc1ccc(C(CN)Cc2c(C)cc(C)cc2C)cc1. The van der Waals surface area contributed by atoms with Crippen molar-refractivity contribution < 1.29 is 4.74 Å². The quantitative estimate of drug-likeness (QED) is 0.903. The highest BCUT2D eigenvalue weighted by Gasteiger charge is 2.14. The number of ether oxygens (including phenoxy) is 1. The summed E-state index contributed by atoms with van der Waals surface area (Å²) in [4.78, 5) is 0. The molecule has 0 bridgehead atoms. The predicted molar refractivity (Wildman–Crippen MR) is 89.1 cm³/mol. The molecule has 112 valence electrons. The Morgan fingerprint density at radius 3 is 2.05 bits per heavy atom. The summed E-state index contributed by atoms with van der Waals surface area (Å²) < 4.78 is 5.22. The molecule has 1 unspecified atom stereocenters. The Morgan fingerprint density at radius 2 is 1.57 bits per heavy atom. The van der Waals surface area contributed by atoms with E-state index in [0.29, 0.717) is 12.5 Å². The maximum Gasteiger partial charge on any atom is 0.118 e. The van der Waals surface area contributed by atoms with Gasteiger partial charge in [0.1, 0.15) is 5.75 Å². The number of benzene rings is 2. The molecule has 1 atom stereocenters. The summed E-state index contributed by atoms with van der Waals surface area (Å²) >= 11 is 0. The monoisotopic (exact) mass is 283 g/mol. The molecule has 21 heavy (non-hydrogen) atoms. The maximum atomic E-state index is 6.02. The fourth-order valence-electron chi connectivity index (χ4n) is 2.99. The van der Waals surface area contributed by atoms with E-state index in [4.69, 9.17) is 10.5 Å². The third-order valence-corrected chi connectivity index (χ3v) is 4.16. The summed E-state index contributed by atoms with van der Waals surface area (Å²) in [5.41, 5.74) is 12.8. The van der Waals surface area contributed by atoms with Gasteiger partial charge in [-0.15, -0.1) is 0 Å². The van der Waals surface area contributed by atoms with E-state index in [1.54, 1.807) is 7.11 Å². The van der Waals surface area contributed by atoms with Crippen LogP contribution in [-0.2, 0) is 6.42 Å². The first-order valence-corrected chi connectivity index (χ1v) is 7.46. The number of rotatable bonds is 5. The number of aryl methyl sites for hydroxylation is 3. The topological polar surface area (TPSA) is 35.2 Å². The average molecular weight is 283 g/mol. The van der Waals surface area contributed by atoms with Gasteiger partial charge in [-0.05, 0) is 68.1 Å². The summed E-state index contributed by atoms with van der Waals surface area (Å²) in [6.07, 6.45) is 0.987. The van der Waals surface area contributed by atoms with Crippen LogP contribution in [0.25, 0.3) is 0 Å². The van der Waals surface area contributed by atoms with Crippen molar-refractivity contribution in [1.82, 2.24) is 0 Å². The lowest BCUT2D eigenvalue weighted by atomic mass is 9.87. The van der Waals surface area contributed by atoms with Crippen molar-refractivity contribution in [1.29, 1.82) is 0 Å². The van der Waals surface area contributed by atoms with Gasteiger partial charge < -0.3 is 10.5 Å². The van der Waals surface area contributed by atoms with Gasteiger partial charge >= 0.3 is 0 Å². The minimum atomic E-state index is 0.344. The van der Waals surface area contributed by atoms with Crippen molar-refractivity contribution >= 4 is 0 Å². The Morgan fingerprint density at radius 1 is 1.00 bits per heavy atom. The zero-order chi connectivity index (χ0) is 15.4. The third-order valence-electron chi connectivity index (χ3n) is 4.16.